The third kappa shape index (κ3) is 6.36. The summed E-state index contributed by atoms with van der Waals surface area (Å²) in [7, 11) is 0. The van der Waals surface area contributed by atoms with Gasteiger partial charge in [0.15, 0.2) is 0 Å². The van der Waals surface area contributed by atoms with E-state index in [-0.39, 0.29) is 29.1 Å². The second-order valence-electron chi connectivity index (χ2n) is 5.28. The number of para-hydroxylation sites is 1. The molecule has 0 aliphatic rings. The zero-order valence-corrected chi connectivity index (χ0v) is 15.3. The predicted molar refractivity (Wildman–Crippen MR) is 103 cm³/mol. The highest BCUT2D eigenvalue weighted by molar-refractivity contribution is 6.36. The van der Waals surface area contributed by atoms with Crippen LogP contribution in [0.2, 0.25) is 10.0 Å². The number of hydrogen-bond donors (Lipinski definition) is 2. The predicted octanol–water partition coefficient (Wildman–Crippen LogP) is 3.77. The van der Waals surface area contributed by atoms with E-state index < -0.39 is 16.7 Å². The molecule has 0 unspecified atom stereocenters. The molecule has 0 heterocycles. The number of carbonyl (C=O) groups excluding carboxylic acids is 2. The van der Waals surface area contributed by atoms with Crippen molar-refractivity contribution in [2.75, 3.05) is 5.32 Å². The van der Waals surface area contributed by atoms with Gasteiger partial charge in [-0.05, 0) is 24.3 Å². The molecule has 0 radical (unpaired) electrons. The second-order valence-corrected chi connectivity index (χ2v) is 6.13. The number of hydrogen-bond acceptors (Lipinski definition) is 5. The Labute approximate surface area is 164 Å². The van der Waals surface area contributed by atoms with E-state index in [1.807, 2.05) is 0 Å². The van der Waals surface area contributed by atoms with E-state index in [1.54, 1.807) is 18.2 Å². The summed E-state index contributed by atoms with van der Waals surface area (Å²) in [5.41, 5.74) is 2.73. The maximum Gasteiger partial charge on any atom is 0.278 e. The Hall–Kier alpha value is -2.97. The molecule has 8 nitrogen and oxygen atoms in total. The van der Waals surface area contributed by atoms with Crippen LogP contribution in [0.1, 0.15) is 18.4 Å². The van der Waals surface area contributed by atoms with Crippen molar-refractivity contribution in [3.8, 4) is 0 Å². The van der Waals surface area contributed by atoms with E-state index in [1.165, 1.54) is 30.5 Å². The molecule has 0 aliphatic heterocycles. The van der Waals surface area contributed by atoms with Crippen LogP contribution in [0.3, 0.4) is 0 Å². The average Bonchev–Trinajstić information content (AvgIpc) is 2.62. The van der Waals surface area contributed by atoms with E-state index in [9.17, 15) is 19.7 Å². The van der Waals surface area contributed by atoms with Crippen molar-refractivity contribution < 1.29 is 14.5 Å². The number of anilines is 1. The SMILES string of the molecule is O=C(CCC(=O)Nc1ccc(Cl)cc1Cl)NN=Cc1ccccc1[N+](=O)[O-]. The van der Waals surface area contributed by atoms with Gasteiger partial charge in [-0.1, -0.05) is 35.3 Å². The van der Waals surface area contributed by atoms with Crippen LogP contribution in [0.15, 0.2) is 47.6 Å². The molecule has 2 rings (SSSR count). The Morgan fingerprint density at radius 2 is 1.81 bits per heavy atom. The molecule has 2 aromatic rings. The molecular weight excluding hydrogens is 395 g/mol. The van der Waals surface area contributed by atoms with E-state index in [2.05, 4.69) is 15.8 Å². The lowest BCUT2D eigenvalue weighted by Crippen LogP contribution is -2.20. The summed E-state index contributed by atoms with van der Waals surface area (Å²) in [6.07, 6.45) is 0.959. The topological polar surface area (TPSA) is 114 Å². The number of carbonyl (C=O) groups is 2. The van der Waals surface area contributed by atoms with Crippen LogP contribution in [-0.4, -0.2) is 23.0 Å². The first-order valence-electron chi connectivity index (χ1n) is 7.67. The first kappa shape index (κ1) is 20.3. The zero-order chi connectivity index (χ0) is 19.8. The van der Waals surface area contributed by atoms with Crippen LogP contribution in [0.25, 0.3) is 0 Å². The molecular formula is C17H14Cl2N4O4. The summed E-state index contributed by atoms with van der Waals surface area (Å²) < 4.78 is 0. The van der Waals surface area contributed by atoms with Gasteiger partial charge in [0.25, 0.3) is 5.69 Å². The molecule has 140 valence electrons. The van der Waals surface area contributed by atoms with Gasteiger partial charge in [-0.15, -0.1) is 0 Å². The summed E-state index contributed by atoms with van der Waals surface area (Å²) in [6, 6.07) is 10.6. The standard InChI is InChI=1S/C17H14Cl2N4O4/c18-12-5-6-14(13(19)9-12)21-16(24)7-8-17(25)22-20-10-11-3-1-2-4-15(11)23(26)27/h1-6,9-10H,7-8H2,(H,21,24)(H,22,25). The molecule has 2 N–H and O–H groups in total. The second kappa shape index (κ2) is 9.65. The fraction of sp³-hybridized carbons (Fsp3) is 0.118. The molecule has 0 bridgehead atoms. The Bertz CT molecular complexity index is 902. The number of nitro groups is 1. The quantitative estimate of drug-likeness (QED) is 0.412. The van der Waals surface area contributed by atoms with E-state index in [0.717, 1.165) is 0 Å². The third-order valence-electron chi connectivity index (χ3n) is 3.31. The van der Waals surface area contributed by atoms with Crippen LogP contribution >= 0.6 is 23.2 Å². The van der Waals surface area contributed by atoms with E-state index >= 15 is 0 Å². The van der Waals surface area contributed by atoms with Gasteiger partial charge in [0.1, 0.15) is 0 Å². The van der Waals surface area contributed by atoms with Gasteiger partial charge in [-0.25, -0.2) is 5.43 Å². The monoisotopic (exact) mass is 408 g/mol. The molecule has 0 atom stereocenters. The molecule has 0 fully saturated rings. The van der Waals surface area contributed by atoms with Gasteiger partial charge >= 0.3 is 0 Å². The summed E-state index contributed by atoms with van der Waals surface area (Å²) in [5.74, 6) is -0.917. The smallest absolute Gasteiger partial charge is 0.278 e. The molecule has 0 saturated carbocycles. The fourth-order valence-corrected chi connectivity index (χ4v) is 2.48. The molecule has 10 heteroatoms. The van der Waals surface area contributed by atoms with Gasteiger partial charge < -0.3 is 5.32 Å². The number of nitrogens with one attached hydrogen (secondary N) is 2. The molecule has 0 spiro atoms. The first-order chi connectivity index (χ1) is 12.9. The van der Waals surface area contributed by atoms with Gasteiger partial charge in [-0.3, -0.25) is 19.7 Å². The van der Waals surface area contributed by atoms with Crippen molar-refractivity contribution in [3.63, 3.8) is 0 Å². The number of nitrogens with zero attached hydrogens (tertiary/aromatic N) is 2. The average molecular weight is 409 g/mol. The minimum Gasteiger partial charge on any atom is -0.325 e. The van der Waals surface area contributed by atoms with Crippen LogP contribution in [-0.2, 0) is 9.59 Å². The van der Waals surface area contributed by atoms with Crippen molar-refractivity contribution in [2.24, 2.45) is 5.10 Å². The van der Waals surface area contributed by atoms with Gasteiger partial charge in [0, 0.05) is 23.9 Å². The van der Waals surface area contributed by atoms with Crippen LogP contribution in [0.5, 0.6) is 0 Å². The molecule has 2 aromatic carbocycles. The lowest BCUT2D eigenvalue weighted by Gasteiger charge is -2.07. The van der Waals surface area contributed by atoms with Crippen molar-refractivity contribution in [1.29, 1.82) is 0 Å². The summed E-state index contributed by atoms with van der Waals surface area (Å²) in [4.78, 5) is 33.9. The Morgan fingerprint density at radius 3 is 2.52 bits per heavy atom. The van der Waals surface area contributed by atoms with Gasteiger partial charge in [0.2, 0.25) is 11.8 Å². The highest BCUT2D eigenvalue weighted by Crippen LogP contribution is 2.25. The van der Waals surface area contributed by atoms with Crippen LogP contribution in [0.4, 0.5) is 11.4 Å². The van der Waals surface area contributed by atoms with Crippen molar-refractivity contribution >= 4 is 52.6 Å². The molecule has 0 aliphatic carbocycles. The number of halogens is 2. The highest BCUT2D eigenvalue weighted by atomic mass is 35.5. The van der Waals surface area contributed by atoms with Crippen molar-refractivity contribution in [2.45, 2.75) is 12.8 Å². The minimum atomic E-state index is -0.546. The van der Waals surface area contributed by atoms with Crippen molar-refractivity contribution in [3.05, 3.63) is 68.2 Å². The van der Waals surface area contributed by atoms with Crippen LogP contribution < -0.4 is 10.7 Å². The molecule has 0 saturated heterocycles. The van der Waals surface area contributed by atoms with E-state index in [4.69, 9.17) is 23.2 Å². The Kier molecular flexibility index (Phi) is 7.27. The Balaban J connectivity index is 1.82. The largest absolute Gasteiger partial charge is 0.325 e. The maximum absolute atomic E-state index is 11.9. The first-order valence-corrected chi connectivity index (χ1v) is 8.42. The summed E-state index contributed by atoms with van der Waals surface area (Å²) in [5, 5.41) is 17.9. The third-order valence-corrected chi connectivity index (χ3v) is 3.86. The number of rotatable bonds is 7. The minimum absolute atomic E-state index is 0.0915. The fourth-order valence-electron chi connectivity index (χ4n) is 2.02. The Morgan fingerprint density at radius 1 is 1.11 bits per heavy atom. The highest BCUT2D eigenvalue weighted by Gasteiger charge is 2.11. The van der Waals surface area contributed by atoms with Crippen LogP contribution in [0, 0.1) is 10.1 Å². The maximum atomic E-state index is 11.9. The number of hydrazone groups is 1. The van der Waals surface area contributed by atoms with Gasteiger partial charge in [0.05, 0.1) is 27.4 Å². The van der Waals surface area contributed by atoms with E-state index in [0.29, 0.717) is 10.7 Å². The number of amides is 2. The normalized spacial score (nSPS) is 10.6. The van der Waals surface area contributed by atoms with Crippen molar-refractivity contribution in [1.82, 2.24) is 5.43 Å². The zero-order valence-electron chi connectivity index (χ0n) is 13.8. The summed E-state index contributed by atoms with van der Waals surface area (Å²) in [6.45, 7) is 0. The molecule has 0 aromatic heterocycles. The lowest BCUT2D eigenvalue weighted by molar-refractivity contribution is -0.385. The summed E-state index contributed by atoms with van der Waals surface area (Å²) >= 11 is 11.7. The number of benzene rings is 2. The number of nitro benzene ring substituents is 1. The molecule has 2 amide bonds. The van der Waals surface area contributed by atoms with Gasteiger partial charge in [-0.2, -0.15) is 5.10 Å². The lowest BCUT2D eigenvalue weighted by atomic mass is 10.2. The molecule has 27 heavy (non-hydrogen) atoms.